The van der Waals surface area contributed by atoms with E-state index in [2.05, 4.69) is 5.10 Å². The second kappa shape index (κ2) is 4.97. The van der Waals surface area contributed by atoms with Crippen molar-refractivity contribution in [2.24, 2.45) is 12.8 Å². The topological polar surface area (TPSA) is 53.1 Å². The van der Waals surface area contributed by atoms with E-state index in [-0.39, 0.29) is 6.54 Å². The van der Waals surface area contributed by atoms with E-state index in [0.29, 0.717) is 22.7 Å². The lowest BCUT2D eigenvalue weighted by molar-refractivity contribution is 0.402. The monoisotopic (exact) mass is 267 g/mol. The summed E-state index contributed by atoms with van der Waals surface area (Å²) in [5.41, 5.74) is 7.00. The van der Waals surface area contributed by atoms with E-state index in [9.17, 15) is 8.78 Å². The van der Waals surface area contributed by atoms with Crippen molar-refractivity contribution >= 4 is 0 Å². The van der Waals surface area contributed by atoms with E-state index in [0.717, 1.165) is 0 Å². The third kappa shape index (κ3) is 2.44. The molecule has 19 heavy (non-hydrogen) atoms. The Labute approximate surface area is 109 Å². The maximum atomic E-state index is 13.8. The Morgan fingerprint density at radius 2 is 1.79 bits per heavy atom. The van der Waals surface area contributed by atoms with Crippen LogP contribution in [0.2, 0.25) is 0 Å². The molecule has 1 heterocycles. The van der Waals surface area contributed by atoms with Crippen LogP contribution < -0.4 is 10.5 Å². The van der Waals surface area contributed by atoms with Crippen molar-refractivity contribution in [2.45, 2.75) is 20.4 Å². The van der Waals surface area contributed by atoms with Gasteiger partial charge in [0, 0.05) is 13.6 Å². The molecule has 2 rings (SSSR count). The van der Waals surface area contributed by atoms with Crippen molar-refractivity contribution in [3.05, 3.63) is 40.7 Å². The number of rotatable bonds is 3. The average molecular weight is 267 g/mol. The highest BCUT2D eigenvalue weighted by Gasteiger charge is 2.18. The average Bonchev–Trinajstić information content (AvgIpc) is 2.59. The number of benzene rings is 1. The number of aromatic nitrogens is 2. The lowest BCUT2D eigenvalue weighted by atomic mass is 10.2. The van der Waals surface area contributed by atoms with Gasteiger partial charge in [-0.25, -0.2) is 8.78 Å². The fourth-order valence-electron chi connectivity index (χ4n) is 1.83. The van der Waals surface area contributed by atoms with Gasteiger partial charge in [0.15, 0.2) is 23.1 Å². The molecule has 2 N–H and O–H groups in total. The highest BCUT2D eigenvalue weighted by Crippen LogP contribution is 2.32. The second-order valence-corrected chi connectivity index (χ2v) is 4.32. The van der Waals surface area contributed by atoms with Crippen LogP contribution in [0.25, 0.3) is 0 Å². The smallest absolute Gasteiger partial charge is 0.198 e. The van der Waals surface area contributed by atoms with Gasteiger partial charge >= 0.3 is 0 Å². The van der Waals surface area contributed by atoms with E-state index < -0.39 is 17.4 Å². The molecule has 0 radical (unpaired) electrons. The molecule has 0 spiro atoms. The number of nitrogens with zero attached hydrogens (tertiary/aromatic N) is 2. The third-order valence-corrected chi connectivity index (χ3v) is 2.94. The first-order chi connectivity index (χ1) is 8.93. The summed E-state index contributed by atoms with van der Waals surface area (Å²) < 4.78 is 34.6. The molecule has 0 aliphatic heterocycles. The molecule has 1 aromatic heterocycles. The van der Waals surface area contributed by atoms with Gasteiger partial charge in [0.2, 0.25) is 0 Å². The molecule has 6 heteroatoms. The number of halogens is 2. The Balaban J connectivity index is 2.44. The summed E-state index contributed by atoms with van der Waals surface area (Å²) in [7, 11) is 1.74. The van der Waals surface area contributed by atoms with Crippen molar-refractivity contribution in [2.75, 3.05) is 0 Å². The summed E-state index contributed by atoms with van der Waals surface area (Å²) in [4.78, 5) is 0. The summed E-state index contributed by atoms with van der Waals surface area (Å²) in [5, 5.41) is 4.13. The van der Waals surface area contributed by atoms with Gasteiger partial charge < -0.3 is 10.5 Å². The van der Waals surface area contributed by atoms with Gasteiger partial charge in [0.1, 0.15) is 5.69 Å². The molecule has 0 atom stereocenters. The first-order valence-electron chi connectivity index (χ1n) is 5.80. The van der Waals surface area contributed by atoms with Crippen molar-refractivity contribution in [3.63, 3.8) is 0 Å². The van der Waals surface area contributed by atoms with Crippen LogP contribution in [0, 0.1) is 25.5 Å². The van der Waals surface area contributed by atoms with Crippen molar-refractivity contribution in [3.8, 4) is 11.5 Å². The molecule has 4 nitrogen and oxygen atoms in total. The van der Waals surface area contributed by atoms with Crippen molar-refractivity contribution in [1.82, 2.24) is 9.78 Å². The van der Waals surface area contributed by atoms with E-state index in [4.69, 9.17) is 10.5 Å². The maximum absolute atomic E-state index is 13.8. The van der Waals surface area contributed by atoms with Gasteiger partial charge in [-0.1, -0.05) is 0 Å². The van der Waals surface area contributed by atoms with Crippen LogP contribution in [0.5, 0.6) is 11.5 Å². The Kier molecular flexibility index (Phi) is 3.53. The first kappa shape index (κ1) is 13.5. The van der Waals surface area contributed by atoms with Crippen LogP contribution in [0.4, 0.5) is 8.78 Å². The summed E-state index contributed by atoms with van der Waals surface area (Å²) >= 11 is 0. The van der Waals surface area contributed by atoms with Gasteiger partial charge in [-0.2, -0.15) is 5.10 Å². The van der Waals surface area contributed by atoms with E-state index in [1.54, 1.807) is 25.6 Å². The molecule has 1 aromatic carbocycles. The minimum atomic E-state index is -0.775. The third-order valence-electron chi connectivity index (χ3n) is 2.94. The molecule has 0 amide bonds. The van der Waals surface area contributed by atoms with Gasteiger partial charge in [0.05, 0.1) is 5.69 Å². The molecule has 0 aliphatic rings. The van der Waals surface area contributed by atoms with Gasteiger partial charge in [-0.05, 0) is 31.5 Å². The number of hydrogen-bond donors (Lipinski definition) is 1. The fourth-order valence-corrected chi connectivity index (χ4v) is 1.83. The zero-order valence-corrected chi connectivity index (χ0v) is 11.0. The molecular weight excluding hydrogens is 252 g/mol. The van der Waals surface area contributed by atoms with Gasteiger partial charge in [-0.3, -0.25) is 4.68 Å². The van der Waals surface area contributed by atoms with E-state index >= 15 is 0 Å². The molecule has 102 valence electrons. The SMILES string of the molecule is Cc1nn(C)c(C)c1Oc1c(F)cc(CN)cc1F. The molecule has 0 unspecified atom stereocenters. The Bertz CT molecular complexity index is 600. The van der Waals surface area contributed by atoms with Crippen LogP contribution in [0.1, 0.15) is 17.0 Å². The predicted molar refractivity (Wildman–Crippen MR) is 67.0 cm³/mol. The van der Waals surface area contributed by atoms with Crippen molar-refractivity contribution < 1.29 is 13.5 Å². The molecular formula is C13H15F2N3O. The lowest BCUT2D eigenvalue weighted by Crippen LogP contribution is -2.01. The first-order valence-corrected chi connectivity index (χ1v) is 5.80. The summed E-state index contributed by atoms with van der Waals surface area (Å²) in [6.07, 6.45) is 0. The standard InChI is InChI=1S/C13H15F2N3O/c1-7-12(8(2)18(3)17-7)19-13-10(14)4-9(6-16)5-11(13)15/h4-5H,6,16H2,1-3H3. The number of hydrogen-bond acceptors (Lipinski definition) is 3. The quantitative estimate of drug-likeness (QED) is 0.929. The minimum Gasteiger partial charge on any atom is -0.447 e. The lowest BCUT2D eigenvalue weighted by Gasteiger charge is -2.09. The van der Waals surface area contributed by atoms with Crippen LogP contribution in [0.3, 0.4) is 0 Å². The normalized spacial score (nSPS) is 10.8. The largest absolute Gasteiger partial charge is 0.447 e. The zero-order chi connectivity index (χ0) is 14.2. The second-order valence-electron chi connectivity index (χ2n) is 4.32. The van der Waals surface area contributed by atoms with Crippen LogP contribution in [0.15, 0.2) is 12.1 Å². The minimum absolute atomic E-state index is 0.0685. The van der Waals surface area contributed by atoms with Gasteiger partial charge in [-0.15, -0.1) is 0 Å². The van der Waals surface area contributed by atoms with Gasteiger partial charge in [0.25, 0.3) is 0 Å². The van der Waals surface area contributed by atoms with Crippen LogP contribution in [-0.4, -0.2) is 9.78 Å². The maximum Gasteiger partial charge on any atom is 0.198 e. The van der Waals surface area contributed by atoms with E-state index in [1.165, 1.54) is 12.1 Å². The summed E-state index contributed by atoms with van der Waals surface area (Å²) in [6.45, 7) is 3.55. The number of nitrogens with two attached hydrogens (primary N) is 1. The van der Waals surface area contributed by atoms with E-state index in [1.807, 2.05) is 0 Å². The molecule has 0 saturated heterocycles. The molecule has 2 aromatic rings. The van der Waals surface area contributed by atoms with Crippen molar-refractivity contribution in [1.29, 1.82) is 0 Å². The summed E-state index contributed by atoms with van der Waals surface area (Å²) in [5.74, 6) is -1.62. The number of ether oxygens (including phenoxy) is 1. The van der Waals surface area contributed by atoms with Crippen LogP contribution in [-0.2, 0) is 13.6 Å². The highest BCUT2D eigenvalue weighted by atomic mass is 19.1. The molecule has 0 aliphatic carbocycles. The Morgan fingerprint density at radius 1 is 1.21 bits per heavy atom. The Morgan fingerprint density at radius 3 is 2.21 bits per heavy atom. The summed E-state index contributed by atoms with van der Waals surface area (Å²) in [6, 6.07) is 2.33. The van der Waals surface area contributed by atoms with Crippen LogP contribution >= 0.6 is 0 Å². The molecule has 0 bridgehead atoms. The highest BCUT2D eigenvalue weighted by molar-refractivity contribution is 5.39. The molecule has 0 saturated carbocycles. The molecule has 0 fully saturated rings. The fraction of sp³-hybridized carbons (Fsp3) is 0.308. The number of aryl methyl sites for hydroxylation is 2. The predicted octanol–water partition coefficient (Wildman–Crippen LogP) is 2.57. The zero-order valence-electron chi connectivity index (χ0n) is 11.0. The Hall–Kier alpha value is -1.95.